The molecule has 1 saturated heterocycles. The average molecular weight is 631 g/mol. The zero-order valence-corrected chi connectivity index (χ0v) is 27.9. The smallest absolute Gasteiger partial charge is 0.394 e. The van der Waals surface area contributed by atoms with Crippen LogP contribution in [0.5, 0.6) is 5.88 Å². The van der Waals surface area contributed by atoms with E-state index in [-0.39, 0.29) is 99.1 Å². The summed E-state index contributed by atoms with van der Waals surface area (Å²) in [5, 5.41) is 4.31. The van der Waals surface area contributed by atoms with Crippen molar-refractivity contribution in [3.8, 4) is 11.7 Å². The van der Waals surface area contributed by atoms with Gasteiger partial charge in [-0.1, -0.05) is 25.1 Å². The number of nitrogens with one attached hydrogen (secondary N) is 1. The summed E-state index contributed by atoms with van der Waals surface area (Å²) in [5.74, 6) is 0.271. The minimum Gasteiger partial charge on any atom is -0.477 e. The minimum atomic E-state index is -4.24. The number of benzene rings is 1. The largest absolute Gasteiger partial charge is 0.477 e. The van der Waals surface area contributed by atoms with Gasteiger partial charge < -0.3 is 9.64 Å². The van der Waals surface area contributed by atoms with Gasteiger partial charge in [-0.15, -0.1) is 5.10 Å². The molecule has 42 heavy (non-hydrogen) atoms. The number of hydrogen-bond acceptors (Lipinski definition) is 7. The molecule has 0 bridgehead atoms. The zero-order valence-electron chi connectivity index (χ0n) is 24.0. The number of aromatic nitrogens is 3. The molecule has 1 amide bonds. The topological polar surface area (TPSA) is 106 Å². The molecular formula is C28H32F3KN5O4S. The fourth-order valence-electron chi connectivity index (χ4n) is 5.43. The Bertz CT molecular complexity index is 1540. The van der Waals surface area contributed by atoms with E-state index in [4.69, 9.17) is 9.72 Å². The molecule has 2 fully saturated rings. The number of hydrogen-bond donors (Lipinski definition) is 1. The van der Waals surface area contributed by atoms with Crippen molar-refractivity contribution in [2.24, 2.45) is 11.3 Å². The summed E-state index contributed by atoms with van der Waals surface area (Å²) in [5.41, 5.74) is -1.94. The molecule has 1 N–H and O–H groups in total. The summed E-state index contributed by atoms with van der Waals surface area (Å²) in [6, 6.07) is 12.2. The van der Waals surface area contributed by atoms with Crippen molar-refractivity contribution in [1.82, 2.24) is 19.5 Å². The maximum atomic E-state index is 13.4. The molecule has 1 atom stereocenters. The Hall–Kier alpha value is -1.97. The number of carbonyl (C=O) groups is 1. The number of anilines is 1. The van der Waals surface area contributed by atoms with Crippen LogP contribution in [0.1, 0.15) is 56.8 Å². The molecule has 2 aliphatic rings. The predicted octanol–water partition coefficient (Wildman–Crippen LogP) is 4.74. The summed E-state index contributed by atoms with van der Waals surface area (Å²) in [7, 11) is -4.12. The van der Waals surface area contributed by atoms with Gasteiger partial charge in [-0.05, 0) is 69.7 Å². The van der Waals surface area contributed by atoms with Gasteiger partial charge in [0.1, 0.15) is 5.82 Å². The number of halogens is 3. The van der Waals surface area contributed by atoms with Gasteiger partial charge in [0.2, 0.25) is 5.88 Å². The Morgan fingerprint density at radius 2 is 1.81 bits per heavy atom. The number of nitrogens with zero attached hydrogens (tertiary/aromatic N) is 4. The number of sulfonamides is 1. The number of carbonyl (C=O) groups excluding carboxylic acids is 1. The average Bonchev–Trinajstić information content (AvgIpc) is 3.47. The number of amides is 1. The second kappa shape index (κ2) is 12.2. The van der Waals surface area contributed by atoms with Crippen LogP contribution in [-0.2, 0) is 10.0 Å². The number of ether oxygens (including phenoxy) is 1. The molecule has 0 spiro atoms. The molecule has 1 aliphatic heterocycles. The predicted molar refractivity (Wildman–Crippen MR) is 151 cm³/mol. The Morgan fingerprint density at radius 1 is 1.12 bits per heavy atom. The van der Waals surface area contributed by atoms with Crippen molar-refractivity contribution in [3.63, 3.8) is 0 Å². The maximum Gasteiger partial charge on any atom is 0.394 e. The number of pyridine rings is 1. The van der Waals surface area contributed by atoms with Crippen LogP contribution in [-0.4, -0.2) is 105 Å². The van der Waals surface area contributed by atoms with Crippen LogP contribution in [0.25, 0.3) is 5.82 Å². The van der Waals surface area contributed by atoms with Crippen LogP contribution < -0.4 is 14.4 Å². The molecular weight excluding hydrogens is 598 g/mol. The van der Waals surface area contributed by atoms with Crippen LogP contribution >= 0.6 is 0 Å². The van der Waals surface area contributed by atoms with Gasteiger partial charge >= 0.3 is 6.18 Å². The van der Waals surface area contributed by atoms with Crippen molar-refractivity contribution in [2.75, 3.05) is 18.1 Å². The van der Waals surface area contributed by atoms with Gasteiger partial charge in [0, 0.05) is 75.7 Å². The van der Waals surface area contributed by atoms with Crippen molar-refractivity contribution in [3.05, 3.63) is 60.3 Å². The van der Waals surface area contributed by atoms with E-state index in [1.54, 1.807) is 24.4 Å². The number of rotatable bonds is 9. The first-order chi connectivity index (χ1) is 19.2. The molecule has 1 aromatic carbocycles. The molecule has 1 radical (unpaired) electrons. The first-order valence-electron chi connectivity index (χ1n) is 13.4. The van der Waals surface area contributed by atoms with Crippen LogP contribution in [0.15, 0.2) is 59.6 Å². The van der Waals surface area contributed by atoms with E-state index in [0.717, 1.165) is 6.42 Å². The summed E-state index contributed by atoms with van der Waals surface area (Å²) in [6.07, 6.45) is -1.76. The first kappa shape index (κ1) is 32.9. The molecule has 5 rings (SSSR count). The van der Waals surface area contributed by atoms with Crippen molar-refractivity contribution in [2.45, 2.75) is 63.1 Å². The molecule has 1 saturated carbocycles. The zero-order chi connectivity index (χ0) is 29.6. The normalized spacial score (nSPS) is 19.2. The van der Waals surface area contributed by atoms with Crippen LogP contribution in [0.2, 0.25) is 0 Å². The second-order valence-corrected chi connectivity index (χ2v) is 13.2. The van der Waals surface area contributed by atoms with E-state index in [0.29, 0.717) is 24.1 Å². The third kappa shape index (κ3) is 6.88. The Labute approximate surface area is 285 Å². The summed E-state index contributed by atoms with van der Waals surface area (Å²) >= 11 is 0. The van der Waals surface area contributed by atoms with Gasteiger partial charge in [-0.3, -0.25) is 4.79 Å². The van der Waals surface area contributed by atoms with Crippen molar-refractivity contribution in [1.29, 1.82) is 0 Å². The van der Waals surface area contributed by atoms with Gasteiger partial charge in [-0.2, -0.15) is 13.2 Å². The van der Waals surface area contributed by atoms with Gasteiger partial charge in [0.15, 0.2) is 5.82 Å². The van der Waals surface area contributed by atoms with E-state index < -0.39 is 27.5 Å². The van der Waals surface area contributed by atoms with Gasteiger partial charge in [0.25, 0.3) is 15.9 Å². The van der Waals surface area contributed by atoms with E-state index in [1.807, 2.05) is 18.7 Å². The Balaban J connectivity index is 0.00000405. The molecule has 14 heteroatoms. The SMILES string of the molecule is C[C@@H]1CN(c2nc(-n3ccc(OCCC4(C(F)(F)F)CC4)n3)ccc2C(=O)NS(=O)(=O)c2ccccc2)C(C)(C)C1.[K]. The monoisotopic (exact) mass is 630 g/mol. The van der Waals surface area contributed by atoms with Crippen molar-refractivity contribution < 1.29 is 31.1 Å². The Kier molecular flexibility index (Phi) is 9.56. The molecule has 0 unspecified atom stereocenters. The summed E-state index contributed by atoms with van der Waals surface area (Å²) in [6.45, 7) is 6.63. The maximum absolute atomic E-state index is 13.4. The molecule has 2 aromatic heterocycles. The molecule has 3 aromatic rings. The van der Waals surface area contributed by atoms with Crippen LogP contribution in [0, 0.1) is 11.3 Å². The van der Waals surface area contributed by atoms with E-state index in [2.05, 4.69) is 16.7 Å². The quantitative estimate of drug-likeness (QED) is 0.341. The molecule has 3 heterocycles. The fourth-order valence-corrected chi connectivity index (χ4v) is 6.42. The third-order valence-electron chi connectivity index (χ3n) is 7.80. The minimum absolute atomic E-state index is 0. The van der Waals surface area contributed by atoms with Gasteiger partial charge in [-0.25, -0.2) is 22.8 Å². The van der Waals surface area contributed by atoms with Crippen LogP contribution in [0.4, 0.5) is 19.0 Å². The molecule has 9 nitrogen and oxygen atoms in total. The number of alkyl halides is 3. The van der Waals surface area contributed by atoms with E-state index in [1.165, 1.54) is 35.0 Å². The third-order valence-corrected chi connectivity index (χ3v) is 9.15. The first-order valence-corrected chi connectivity index (χ1v) is 14.9. The van der Waals surface area contributed by atoms with Crippen molar-refractivity contribution >= 4 is 73.1 Å². The van der Waals surface area contributed by atoms with E-state index in [9.17, 15) is 26.4 Å². The molecule has 221 valence electrons. The Morgan fingerprint density at radius 3 is 2.40 bits per heavy atom. The summed E-state index contributed by atoms with van der Waals surface area (Å²) < 4.78 is 74.4. The van der Waals surface area contributed by atoms with E-state index >= 15 is 0 Å². The standard InChI is InChI=1S/C28H32F3N5O4S.K/c1-19-17-26(2,3)35(18-19)24-21(25(37)34-41(38,39)20-7-5-4-6-8-20)9-10-22(32-24)36-15-11-23(33-36)40-16-14-27(12-13-27)28(29,30)31;/h4-11,15,19H,12-14,16-18H2,1-3H3,(H,34,37);/t19-;/m0./s1. The van der Waals surface area contributed by atoms with Gasteiger partial charge in [0.05, 0.1) is 22.5 Å². The van der Waals surface area contributed by atoms with Crippen LogP contribution in [0.3, 0.4) is 0 Å². The summed E-state index contributed by atoms with van der Waals surface area (Å²) in [4.78, 5) is 20.0. The fraction of sp³-hybridized carbons (Fsp3) is 0.464. The second-order valence-electron chi connectivity index (χ2n) is 11.5. The molecule has 1 aliphatic carbocycles.